The maximum Gasteiger partial charge on any atom is 0.352 e. The summed E-state index contributed by atoms with van der Waals surface area (Å²) in [6.45, 7) is 0.653. The average Bonchev–Trinajstić information content (AvgIpc) is 2.77. The van der Waals surface area contributed by atoms with Crippen LogP contribution in [0.2, 0.25) is 0 Å². The standard InChI is InChI=1S/C20H21N3O8S/c1-11(24)30-8-13-10-32-19-16(18(26)23(19)17(13)20(27)28)22-15(25)9-31-14-6-4-3-5-12(14)7-21-29-2/h3-7,16,19H,8-10H2,1-2H3,(H,22,25)(H,27,28)/t16?,19-/m0/s1. The molecular formula is C20H21N3O8S. The molecule has 1 aromatic rings. The second-order valence-corrected chi connectivity index (χ2v) is 7.84. The van der Waals surface area contributed by atoms with Gasteiger partial charge in [0.15, 0.2) is 6.61 Å². The number of hydrogen-bond acceptors (Lipinski definition) is 9. The van der Waals surface area contributed by atoms with Gasteiger partial charge in [0.1, 0.15) is 36.6 Å². The lowest BCUT2D eigenvalue weighted by molar-refractivity contribution is -0.151. The van der Waals surface area contributed by atoms with Crippen LogP contribution in [0.3, 0.4) is 0 Å². The minimum Gasteiger partial charge on any atom is -0.483 e. The number of nitrogens with one attached hydrogen (secondary N) is 1. The van der Waals surface area contributed by atoms with Crippen molar-refractivity contribution in [3.8, 4) is 5.75 Å². The molecule has 0 radical (unpaired) electrons. The zero-order valence-corrected chi connectivity index (χ0v) is 18.1. The summed E-state index contributed by atoms with van der Waals surface area (Å²) in [5.41, 5.74) is 0.713. The molecule has 0 spiro atoms. The summed E-state index contributed by atoms with van der Waals surface area (Å²) in [6.07, 6.45) is 1.44. The lowest BCUT2D eigenvalue weighted by atomic mass is 10.0. The lowest BCUT2D eigenvalue weighted by Gasteiger charge is -2.49. The first-order valence-electron chi connectivity index (χ1n) is 9.44. The number of esters is 1. The van der Waals surface area contributed by atoms with Crippen LogP contribution in [-0.2, 0) is 28.8 Å². The Morgan fingerprint density at radius 1 is 1.34 bits per heavy atom. The van der Waals surface area contributed by atoms with E-state index in [0.29, 0.717) is 16.9 Å². The van der Waals surface area contributed by atoms with Crippen molar-refractivity contribution in [1.29, 1.82) is 0 Å². The molecule has 2 atom stereocenters. The normalized spacial score (nSPS) is 19.8. The SMILES string of the molecule is CON=Cc1ccccc1OCC(=O)NC1C(=O)N2C(C(=O)O)=C(COC(C)=O)CS[C@@H]12. The topological polar surface area (TPSA) is 144 Å². The van der Waals surface area contributed by atoms with E-state index in [2.05, 4.69) is 15.3 Å². The number of oxime groups is 1. The van der Waals surface area contributed by atoms with Gasteiger partial charge in [-0.25, -0.2) is 4.79 Å². The monoisotopic (exact) mass is 463 g/mol. The number of rotatable bonds is 9. The summed E-state index contributed by atoms with van der Waals surface area (Å²) in [4.78, 5) is 53.5. The van der Waals surface area contributed by atoms with E-state index in [4.69, 9.17) is 9.47 Å². The fraction of sp³-hybridized carbons (Fsp3) is 0.350. The van der Waals surface area contributed by atoms with Gasteiger partial charge in [0, 0.05) is 23.8 Å². The molecule has 2 aliphatic heterocycles. The van der Waals surface area contributed by atoms with Crippen LogP contribution in [0.25, 0.3) is 0 Å². The highest BCUT2D eigenvalue weighted by atomic mass is 32.2. The Bertz CT molecular complexity index is 993. The van der Waals surface area contributed by atoms with E-state index < -0.39 is 35.2 Å². The van der Waals surface area contributed by atoms with E-state index in [-0.39, 0.29) is 24.7 Å². The molecule has 170 valence electrons. The first-order valence-corrected chi connectivity index (χ1v) is 10.5. The Morgan fingerprint density at radius 3 is 2.78 bits per heavy atom. The molecule has 2 heterocycles. The van der Waals surface area contributed by atoms with Gasteiger partial charge in [-0.3, -0.25) is 19.3 Å². The molecule has 2 N–H and O–H groups in total. The van der Waals surface area contributed by atoms with E-state index in [1.54, 1.807) is 24.3 Å². The van der Waals surface area contributed by atoms with E-state index in [9.17, 15) is 24.3 Å². The second kappa shape index (κ2) is 10.2. The minimum absolute atomic E-state index is 0.211. The second-order valence-electron chi connectivity index (χ2n) is 6.74. The smallest absolute Gasteiger partial charge is 0.352 e. The summed E-state index contributed by atoms with van der Waals surface area (Å²) in [5, 5.41) is 15.2. The van der Waals surface area contributed by atoms with Crippen molar-refractivity contribution in [3.05, 3.63) is 41.1 Å². The zero-order valence-electron chi connectivity index (χ0n) is 17.3. The molecule has 2 aliphatic rings. The highest BCUT2D eigenvalue weighted by Crippen LogP contribution is 2.40. The number of ether oxygens (including phenoxy) is 2. The van der Waals surface area contributed by atoms with Gasteiger partial charge < -0.3 is 24.7 Å². The van der Waals surface area contributed by atoms with E-state index in [1.165, 1.54) is 32.0 Å². The Kier molecular flexibility index (Phi) is 7.36. The number of carbonyl (C=O) groups is 4. The fourth-order valence-corrected chi connectivity index (χ4v) is 4.50. The number of para-hydroxylation sites is 1. The van der Waals surface area contributed by atoms with Crippen molar-refractivity contribution < 1.29 is 38.6 Å². The molecule has 0 saturated carbocycles. The van der Waals surface area contributed by atoms with E-state index >= 15 is 0 Å². The van der Waals surface area contributed by atoms with Crippen LogP contribution in [-0.4, -0.2) is 77.5 Å². The van der Waals surface area contributed by atoms with Gasteiger partial charge in [0.25, 0.3) is 11.8 Å². The van der Waals surface area contributed by atoms with Crippen molar-refractivity contribution in [3.63, 3.8) is 0 Å². The first-order chi connectivity index (χ1) is 15.3. The first kappa shape index (κ1) is 23.1. The van der Waals surface area contributed by atoms with Crippen molar-refractivity contribution in [1.82, 2.24) is 10.2 Å². The third kappa shape index (κ3) is 5.02. The Balaban J connectivity index is 1.62. The van der Waals surface area contributed by atoms with Gasteiger partial charge in [-0.15, -0.1) is 11.8 Å². The van der Waals surface area contributed by atoms with Crippen LogP contribution < -0.4 is 10.1 Å². The summed E-state index contributed by atoms with van der Waals surface area (Å²) in [5.74, 6) is -2.28. The van der Waals surface area contributed by atoms with Crippen LogP contribution >= 0.6 is 11.8 Å². The molecule has 1 saturated heterocycles. The third-order valence-electron chi connectivity index (χ3n) is 4.59. The highest BCUT2D eigenvalue weighted by Gasteiger charge is 2.54. The number of fused-ring (bicyclic) bond motifs is 1. The fourth-order valence-electron chi connectivity index (χ4n) is 3.17. The number of amides is 2. The van der Waals surface area contributed by atoms with Gasteiger partial charge >= 0.3 is 11.9 Å². The molecule has 1 fully saturated rings. The number of benzene rings is 1. The molecule has 1 aromatic carbocycles. The Labute approximate surface area is 187 Å². The molecule has 12 heteroatoms. The molecule has 0 aliphatic carbocycles. The number of aliphatic carboxylic acids is 1. The average molecular weight is 463 g/mol. The Morgan fingerprint density at radius 2 is 2.09 bits per heavy atom. The summed E-state index contributed by atoms with van der Waals surface area (Å²) in [6, 6.07) is 6.01. The van der Waals surface area contributed by atoms with E-state index in [0.717, 1.165) is 4.90 Å². The number of β-lactam (4-membered cyclic amide) rings is 1. The number of hydrogen-bond donors (Lipinski definition) is 2. The number of thioether (sulfide) groups is 1. The molecule has 0 aromatic heterocycles. The number of carbonyl (C=O) groups excluding carboxylic acids is 3. The highest BCUT2D eigenvalue weighted by molar-refractivity contribution is 8.00. The quantitative estimate of drug-likeness (QED) is 0.229. The van der Waals surface area contributed by atoms with Gasteiger partial charge in [-0.05, 0) is 12.1 Å². The molecular weight excluding hydrogens is 442 g/mol. The van der Waals surface area contributed by atoms with Crippen LogP contribution in [0.4, 0.5) is 0 Å². The van der Waals surface area contributed by atoms with Crippen molar-refractivity contribution in [2.75, 3.05) is 26.1 Å². The molecule has 11 nitrogen and oxygen atoms in total. The maximum atomic E-state index is 12.6. The minimum atomic E-state index is -1.30. The van der Waals surface area contributed by atoms with Crippen LogP contribution in [0.5, 0.6) is 5.75 Å². The third-order valence-corrected chi connectivity index (χ3v) is 5.93. The van der Waals surface area contributed by atoms with Crippen LogP contribution in [0, 0.1) is 0 Å². The van der Waals surface area contributed by atoms with Crippen molar-refractivity contribution in [2.45, 2.75) is 18.3 Å². The molecule has 1 unspecified atom stereocenters. The van der Waals surface area contributed by atoms with Gasteiger partial charge in [-0.2, -0.15) is 0 Å². The summed E-state index contributed by atoms with van der Waals surface area (Å²) >= 11 is 1.28. The van der Waals surface area contributed by atoms with Gasteiger partial charge in [0.2, 0.25) is 0 Å². The molecule has 3 rings (SSSR count). The number of carboxylic acid groups (broad SMARTS) is 1. The number of carboxylic acids is 1. The van der Waals surface area contributed by atoms with Gasteiger partial charge in [0.05, 0.1) is 6.21 Å². The Hall–Kier alpha value is -3.54. The maximum absolute atomic E-state index is 12.6. The number of nitrogens with zero attached hydrogens (tertiary/aromatic N) is 2. The molecule has 32 heavy (non-hydrogen) atoms. The van der Waals surface area contributed by atoms with Crippen molar-refractivity contribution >= 4 is 41.7 Å². The van der Waals surface area contributed by atoms with E-state index in [1.807, 2.05) is 0 Å². The molecule has 2 amide bonds. The van der Waals surface area contributed by atoms with Crippen molar-refractivity contribution in [2.24, 2.45) is 5.16 Å². The zero-order chi connectivity index (χ0) is 23.3. The largest absolute Gasteiger partial charge is 0.483 e. The summed E-state index contributed by atoms with van der Waals surface area (Å²) in [7, 11) is 1.40. The van der Waals surface area contributed by atoms with Crippen LogP contribution in [0.1, 0.15) is 12.5 Å². The predicted octanol–water partition coefficient (Wildman–Crippen LogP) is 0.347. The summed E-state index contributed by atoms with van der Waals surface area (Å²) < 4.78 is 10.4. The van der Waals surface area contributed by atoms with Crippen LogP contribution in [0.15, 0.2) is 40.7 Å². The molecule has 0 bridgehead atoms. The van der Waals surface area contributed by atoms with Gasteiger partial charge in [-0.1, -0.05) is 17.3 Å². The predicted molar refractivity (Wildman–Crippen MR) is 113 cm³/mol. The lowest BCUT2D eigenvalue weighted by Crippen LogP contribution is -2.71.